The van der Waals surface area contributed by atoms with Crippen LogP contribution < -0.4 is 5.32 Å². The molecule has 2 saturated heterocycles. The molecular weight excluding hydrogens is 344 g/mol. The number of hydrogen-bond acceptors (Lipinski definition) is 4. The number of carbonyl (C=O) groups is 2. The topological polar surface area (TPSA) is 74.2 Å². The molecule has 0 aromatic heterocycles. The van der Waals surface area contributed by atoms with E-state index in [-0.39, 0.29) is 17.8 Å². The lowest BCUT2D eigenvalue weighted by atomic mass is 9.97. The highest BCUT2D eigenvalue weighted by Gasteiger charge is 2.27. The Balaban J connectivity index is 1.83. The Labute approximate surface area is 163 Å². The fraction of sp³-hybridized carbons (Fsp3) is 0.850. The van der Waals surface area contributed by atoms with Gasteiger partial charge in [0, 0.05) is 38.6 Å². The van der Waals surface area contributed by atoms with Crippen molar-refractivity contribution in [3.05, 3.63) is 0 Å². The molecule has 0 bridgehead atoms. The lowest BCUT2D eigenvalue weighted by molar-refractivity contribution is -0.149. The lowest BCUT2D eigenvalue weighted by Crippen LogP contribution is -2.47. The van der Waals surface area contributed by atoms with Crippen molar-refractivity contribution in [2.45, 2.75) is 65.3 Å². The highest BCUT2D eigenvalue weighted by atomic mass is 16.5. The van der Waals surface area contributed by atoms with E-state index in [0.29, 0.717) is 25.6 Å². The van der Waals surface area contributed by atoms with Gasteiger partial charge in [0.25, 0.3) is 0 Å². The van der Waals surface area contributed by atoms with Crippen LogP contribution in [0.5, 0.6) is 0 Å². The van der Waals surface area contributed by atoms with Gasteiger partial charge in [-0.1, -0.05) is 0 Å². The molecular formula is C20H36N4O3. The molecule has 0 saturated carbocycles. The molecule has 2 aliphatic heterocycles. The van der Waals surface area contributed by atoms with Crippen molar-refractivity contribution < 1.29 is 14.3 Å². The standard InChI is InChI=1S/C20H36N4O3/c1-4-21-20(23-14-10-17(11-15-23)19(26)27-5-2)22-12-9-18(25)24-13-7-6-8-16(24)3/h16-17H,4-15H2,1-3H3,(H,21,22). The molecule has 154 valence electrons. The maximum Gasteiger partial charge on any atom is 0.309 e. The van der Waals surface area contributed by atoms with Crippen LogP contribution in [0.2, 0.25) is 0 Å². The third-order valence-corrected chi connectivity index (χ3v) is 5.46. The van der Waals surface area contributed by atoms with Gasteiger partial charge in [-0.05, 0) is 52.9 Å². The van der Waals surface area contributed by atoms with Crippen LogP contribution in [0.3, 0.4) is 0 Å². The quantitative estimate of drug-likeness (QED) is 0.433. The molecule has 2 aliphatic rings. The van der Waals surface area contributed by atoms with Crippen molar-refractivity contribution in [2.75, 3.05) is 39.3 Å². The van der Waals surface area contributed by atoms with Crippen molar-refractivity contribution in [1.82, 2.24) is 15.1 Å². The summed E-state index contributed by atoms with van der Waals surface area (Å²) in [6, 6.07) is 0.352. The Bertz CT molecular complexity index is 515. The molecule has 1 unspecified atom stereocenters. The molecule has 2 heterocycles. The monoisotopic (exact) mass is 380 g/mol. The van der Waals surface area contributed by atoms with Gasteiger partial charge in [0.1, 0.15) is 0 Å². The zero-order chi connectivity index (χ0) is 19.6. The van der Waals surface area contributed by atoms with Gasteiger partial charge in [0.2, 0.25) is 5.91 Å². The molecule has 1 amide bonds. The molecule has 0 radical (unpaired) electrons. The number of hydrogen-bond donors (Lipinski definition) is 1. The van der Waals surface area contributed by atoms with Gasteiger partial charge in [0.15, 0.2) is 5.96 Å². The average Bonchev–Trinajstić information content (AvgIpc) is 2.68. The first-order valence-electron chi connectivity index (χ1n) is 10.6. The molecule has 0 aromatic carbocycles. The number of carbonyl (C=O) groups excluding carboxylic acids is 2. The van der Waals surface area contributed by atoms with Gasteiger partial charge in [0.05, 0.1) is 19.1 Å². The molecule has 1 atom stereocenters. The molecule has 7 heteroatoms. The zero-order valence-corrected chi connectivity index (χ0v) is 17.2. The number of ether oxygens (including phenoxy) is 1. The van der Waals surface area contributed by atoms with E-state index in [0.717, 1.165) is 57.8 Å². The third-order valence-electron chi connectivity index (χ3n) is 5.46. The highest BCUT2D eigenvalue weighted by Crippen LogP contribution is 2.19. The summed E-state index contributed by atoms with van der Waals surface area (Å²) in [7, 11) is 0. The number of aliphatic imine (C=N–C) groups is 1. The molecule has 1 N–H and O–H groups in total. The van der Waals surface area contributed by atoms with E-state index in [9.17, 15) is 9.59 Å². The minimum Gasteiger partial charge on any atom is -0.466 e. The van der Waals surface area contributed by atoms with Crippen molar-refractivity contribution >= 4 is 17.8 Å². The summed E-state index contributed by atoms with van der Waals surface area (Å²) < 4.78 is 5.14. The van der Waals surface area contributed by atoms with E-state index >= 15 is 0 Å². The largest absolute Gasteiger partial charge is 0.466 e. The fourth-order valence-corrected chi connectivity index (χ4v) is 3.88. The summed E-state index contributed by atoms with van der Waals surface area (Å²) in [5.41, 5.74) is 0. The molecule has 0 spiro atoms. The second-order valence-electron chi connectivity index (χ2n) is 7.43. The summed E-state index contributed by atoms with van der Waals surface area (Å²) in [5, 5.41) is 3.32. The van der Waals surface area contributed by atoms with E-state index in [1.165, 1.54) is 6.42 Å². The second kappa shape index (κ2) is 11.1. The second-order valence-corrected chi connectivity index (χ2v) is 7.43. The molecule has 2 fully saturated rings. The minimum atomic E-state index is -0.0830. The summed E-state index contributed by atoms with van der Waals surface area (Å²) in [4.78, 5) is 33.2. The summed E-state index contributed by atoms with van der Waals surface area (Å²) in [6.45, 7) is 10.2. The Morgan fingerprint density at radius 2 is 1.85 bits per heavy atom. The molecule has 0 aromatic rings. The molecule has 0 aliphatic carbocycles. The normalized spacial score (nSPS) is 21.9. The van der Waals surface area contributed by atoms with Crippen LogP contribution in [-0.2, 0) is 14.3 Å². The Morgan fingerprint density at radius 3 is 2.48 bits per heavy atom. The van der Waals surface area contributed by atoms with Crippen LogP contribution in [0.15, 0.2) is 4.99 Å². The molecule has 2 rings (SSSR count). The van der Waals surface area contributed by atoms with Crippen LogP contribution in [0, 0.1) is 5.92 Å². The number of amides is 1. The number of nitrogens with zero attached hydrogens (tertiary/aromatic N) is 3. The van der Waals surface area contributed by atoms with E-state index in [2.05, 4.69) is 22.1 Å². The first-order chi connectivity index (χ1) is 13.1. The van der Waals surface area contributed by atoms with Gasteiger partial charge < -0.3 is 19.9 Å². The maximum absolute atomic E-state index is 12.5. The zero-order valence-electron chi connectivity index (χ0n) is 17.2. The first-order valence-corrected chi connectivity index (χ1v) is 10.6. The van der Waals surface area contributed by atoms with Gasteiger partial charge >= 0.3 is 5.97 Å². The number of esters is 1. The van der Waals surface area contributed by atoms with Crippen LogP contribution >= 0.6 is 0 Å². The SMILES string of the molecule is CCNC(=NCCC(=O)N1CCCCC1C)N1CCC(C(=O)OCC)CC1. The van der Waals surface area contributed by atoms with Crippen molar-refractivity contribution in [1.29, 1.82) is 0 Å². The smallest absolute Gasteiger partial charge is 0.309 e. The lowest BCUT2D eigenvalue weighted by Gasteiger charge is -2.34. The van der Waals surface area contributed by atoms with E-state index in [1.54, 1.807) is 0 Å². The molecule has 27 heavy (non-hydrogen) atoms. The van der Waals surface area contributed by atoms with Crippen molar-refractivity contribution in [3.8, 4) is 0 Å². The van der Waals surface area contributed by atoms with E-state index < -0.39 is 0 Å². The average molecular weight is 381 g/mol. The first kappa shape index (κ1) is 21.5. The van der Waals surface area contributed by atoms with Crippen LogP contribution in [0.25, 0.3) is 0 Å². The number of likely N-dealkylation sites (tertiary alicyclic amines) is 2. The van der Waals surface area contributed by atoms with Crippen LogP contribution in [0.1, 0.15) is 59.3 Å². The minimum absolute atomic E-state index is 0.00811. The summed E-state index contributed by atoms with van der Waals surface area (Å²) in [5.74, 6) is 0.966. The highest BCUT2D eigenvalue weighted by molar-refractivity contribution is 5.81. The number of nitrogens with one attached hydrogen (secondary N) is 1. The number of guanidine groups is 1. The van der Waals surface area contributed by atoms with Gasteiger partial charge in [-0.25, -0.2) is 0 Å². The van der Waals surface area contributed by atoms with Crippen LogP contribution in [-0.4, -0.2) is 73.0 Å². The summed E-state index contributed by atoms with van der Waals surface area (Å²) in [6.07, 6.45) is 5.46. The van der Waals surface area contributed by atoms with Gasteiger partial charge in [-0.3, -0.25) is 14.6 Å². The Hall–Kier alpha value is -1.79. The maximum atomic E-state index is 12.5. The Morgan fingerprint density at radius 1 is 1.11 bits per heavy atom. The molecule has 7 nitrogen and oxygen atoms in total. The van der Waals surface area contributed by atoms with Gasteiger partial charge in [-0.2, -0.15) is 0 Å². The number of rotatable bonds is 6. The van der Waals surface area contributed by atoms with Crippen molar-refractivity contribution in [2.24, 2.45) is 10.9 Å². The van der Waals surface area contributed by atoms with Crippen LogP contribution in [0.4, 0.5) is 0 Å². The Kier molecular flexibility index (Phi) is 8.88. The van der Waals surface area contributed by atoms with Gasteiger partial charge in [-0.15, -0.1) is 0 Å². The number of piperidine rings is 2. The predicted molar refractivity (Wildman–Crippen MR) is 107 cm³/mol. The van der Waals surface area contributed by atoms with Crippen molar-refractivity contribution in [3.63, 3.8) is 0 Å². The predicted octanol–water partition coefficient (Wildman–Crippen LogP) is 2.02. The van der Waals surface area contributed by atoms with E-state index in [4.69, 9.17) is 4.74 Å². The fourth-order valence-electron chi connectivity index (χ4n) is 3.88. The third kappa shape index (κ3) is 6.40. The van der Waals surface area contributed by atoms with E-state index in [1.807, 2.05) is 18.7 Å². The summed E-state index contributed by atoms with van der Waals surface area (Å²) >= 11 is 0.